The summed E-state index contributed by atoms with van der Waals surface area (Å²) in [6.07, 6.45) is 0. The fourth-order valence-electron chi connectivity index (χ4n) is 2.77. The number of amides is 1. The van der Waals surface area contributed by atoms with Gasteiger partial charge in [0, 0.05) is 0 Å². The van der Waals surface area contributed by atoms with E-state index in [2.05, 4.69) is 30.4 Å². The molecule has 0 aromatic heterocycles. The molecule has 4 rings (SSSR count). The van der Waals surface area contributed by atoms with Crippen LogP contribution in [0.2, 0.25) is 0 Å². The fraction of sp³-hybridized carbons (Fsp3) is 0.0500. The van der Waals surface area contributed by atoms with Gasteiger partial charge in [0.15, 0.2) is 5.75 Å². The molecule has 0 atom stereocenters. The molecule has 0 aliphatic carbocycles. The molecule has 1 amide bonds. The van der Waals surface area contributed by atoms with Gasteiger partial charge in [0.2, 0.25) is 0 Å². The fourth-order valence-corrected chi connectivity index (χ4v) is 2.77. The van der Waals surface area contributed by atoms with Crippen LogP contribution < -0.4 is 10.1 Å². The topological polar surface area (TPSA) is 38.3 Å². The zero-order valence-corrected chi connectivity index (χ0v) is 12.7. The molecule has 0 fully saturated rings. The average Bonchev–Trinajstić information content (AvgIpc) is 2.70. The van der Waals surface area contributed by atoms with E-state index in [-0.39, 0.29) is 5.91 Å². The van der Waals surface area contributed by atoms with Gasteiger partial charge in [0.05, 0.1) is 11.3 Å². The third kappa shape index (κ3) is 2.46. The summed E-state index contributed by atoms with van der Waals surface area (Å²) < 4.78 is 5.98. The first kappa shape index (κ1) is 13.6. The normalized spacial score (nSPS) is 12.5. The zero-order valence-electron chi connectivity index (χ0n) is 12.7. The van der Waals surface area contributed by atoms with Crippen LogP contribution in [0.5, 0.6) is 11.5 Å². The van der Waals surface area contributed by atoms with Crippen molar-refractivity contribution in [1.82, 2.24) is 0 Å². The maximum atomic E-state index is 12.4. The molecule has 0 saturated heterocycles. The van der Waals surface area contributed by atoms with Gasteiger partial charge in [0.1, 0.15) is 5.75 Å². The zero-order chi connectivity index (χ0) is 15.8. The van der Waals surface area contributed by atoms with Crippen LogP contribution in [0.25, 0.3) is 11.1 Å². The second-order valence-electron chi connectivity index (χ2n) is 5.63. The van der Waals surface area contributed by atoms with Crippen molar-refractivity contribution in [3.8, 4) is 22.6 Å². The van der Waals surface area contributed by atoms with Crippen LogP contribution in [0.4, 0.5) is 5.69 Å². The lowest BCUT2D eigenvalue weighted by Crippen LogP contribution is -2.10. The van der Waals surface area contributed by atoms with E-state index in [1.807, 2.05) is 48.5 Å². The van der Waals surface area contributed by atoms with E-state index in [1.165, 1.54) is 5.56 Å². The molecule has 3 heteroatoms. The molecule has 1 aliphatic heterocycles. The van der Waals surface area contributed by atoms with Gasteiger partial charge in [-0.15, -0.1) is 0 Å². The number of carbonyl (C=O) groups is 1. The lowest BCUT2D eigenvalue weighted by molar-refractivity contribution is 0.102. The lowest BCUT2D eigenvalue weighted by atomic mass is 10.0. The molecule has 3 nitrogen and oxygen atoms in total. The molecule has 0 spiro atoms. The highest BCUT2D eigenvalue weighted by molar-refractivity contribution is 6.08. The number of nitrogens with one attached hydrogen (secondary N) is 1. The van der Waals surface area contributed by atoms with Crippen molar-refractivity contribution in [3.05, 3.63) is 77.9 Å². The third-order valence-electron chi connectivity index (χ3n) is 3.93. The summed E-state index contributed by atoms with van der Waals surface area (Å²) in [6, 6.07) is 21.4. The highest BCUT2D eigenvalue weighted by Gasteiger charge is 2.20. The Morgan fingerprint density at radius 3 is 2.52 bits per heavy atom. The minimum absolute atomic E-state index is 0.152. The Hall–Kier alpha value is -3.07. The quantitative estimate of drug-likeness (QED) is 0.685. The minimum atomic E-state index is -0.152. The van der Waals surface area contributed by atoms with E-state index in [9.17, 15) is 4.79 Å². The maximum absolute atomic E-state index is 12.4. The van der Waals surface area contributed by atoms with Crippen LogP contribution in [0.3, 0.4) is 0 Å². The van der Waals surface area contributed by atoms with Crippen LogP contribution in [0.15, 0.2) is 66.7 Å². The van der Waals surface area contributed by atoms with Crippen LogP contribution in [-0.4, -0.2) is 5.91 Å². The first-order valence-electron chi connectivity index (χ1n) is 7.50. The molecule has 3 aromatic rings. The van der Waals surface area contributed by atoms with E-state index in [0.29, 0.717) is 22.7 Å². The van der Waals surface area contributed by atoms with Gasteiger partial charge in [-0.1, -0.05) is 48.0 Å². The van der Waals surface area contributed by atoms with Crippen LogP contribution >= 0.6 is 0 Å². The van der Waals surface area contributed by atoms with Gasteiger partial charge in [-0.05, 0) is 42.3 Å². The summed E-state index contributed by atoms with van der Waals surface area (Å²) in [4.78, 5) is 12.4. The number of hydrogen-bond acceptors (Lipinski definition) is 2. The van der Waals surface area contributed by atoms with Crippen LogP contribution in [0, 0.1) is 6.92 Å². The van der Waals surface area contributed by atoms with Gasteiger partial charge in [-0.25, -0.2) is 0 Å². The van der Waals surface area contributed by atoms with E-state index < -0.39 is 0 Å². The van der Waals surface area contributed by atoms with Crippen molar-refractivity contribution >= 4 is 11.6 Å². The van der Waals surface area contributed by atoms with Gasteiger partial charge in [0.25, 0.3) is 5.91 Å². The van der Waals surface area contributed by atoms with Gasteiger partial charge >= 0.3 is 0 Å². The number of ether oxygens (including phenoxy) is 1. The molecular formula is C20H15NO2. The van der Waals surface area contributed by atoms with Crippen molar-refractivity contribution in [3.63, 3.8) is 0 Å². The predicted octanol–water partition coefficient (Wildman–Crippen LogP) is 5.02. The Labute approximate surface area is 134 Å². The van der Waals surface area contributed by atoms with Crippen molar-refractivity contribution < 1.29 is 9.53 Å². The SMILES string of the molecule is Cc1cccc(-c2ccc3c(c2)Oc2ccccc2NC3=O)c1. The Morgan fingerprint density at radius 2 is 1.65 bits per heavy atom. The molecule has 0 bridgehead atoms. The average molecular weight is 301 g/mol. The smallest absolute Gasteiger partial charge is 0.259 e. The Bertz CT molecular complexity index is 915. The molecule has 1 aliphatic rings. The number of aryl methyl sites for hydroxylation is 1. The number of benzene rings is 3. The number of fused-ring (bicyclic) bond motifs is 2. The van der Waals surface area contributed by atoms with E-state index in [0.717, 1.165) is 11.1 Å². The summed E-state index contributed by atoms with van der Waals surface area (Å²) in [6.45, 7) is 2.06. The molecule has 1 N–H and O–H groups in total. The van der Waals surface area contributed by atoms with E-state index in [4.69, 9.17) is 4.74 Å². The molecule has 3 aromatic carbocycles. The molecule has 1 heterocycles. The minimum Gasteiger partial charge on any atom is -0.454 e. The molecule has 23 heavy (non-hydrogen) atoms. The Morgan fingerprint density at radius 1 is 0.826 bits per heavy atom. The Kier molecular flexibility index (Phi) is 3.12. The van der Waals surface area contributed by atoms with Crippen molar-refractivity contribution in [1.29, 1.82) is 0 Å². The van der Waals surface area contributed by atoms with Gasteiger partial charge in [-0.2, -0.15) is 0 Å². The number of para-hydroxylation sites is 2. The Balaban J connectivity index is 1.83. The van der Waals surface area contributed by atoms with Gasteiger partial charge < -0.3 is 10.1 Å². The second-order valence-corrected chi connectivity index (χ2v) is 5.63. The highest BCUT2D eigenvalue weighted by Crippen LogP contribution is 2.37. The highest BCUT2D eigenvalue weighted by atomic mass is 16.5. The van der Waals surface area contributed by atoms with Crippen molar-refractivity contribution in [2.75, 3.05) is 5.32 Å². The molecule has 0 radical (unpaired) electrons. The molecular weight excluding hydrogens is 286 g/mol. The molecule has 112 valence electrons. The summed E-state index contributed by atoms with van der Waals surface area (Å²) in [5.74, 6) is 1.08. The summed E-state index contributed by atoms with van der Waals surface area (Å²) in [5, 5.41) is 2.88. The first-order chi connectivity index (χ1) is 11.2. The third-order valence-corrected chi connectivity index (χ3v) is 3.93. The predicted molar refractivity (Wildman–Crippen MR) is 91.1 cm³/mol. The number of carbonyl (C=O) groups excluding carboxylic acids is 1. The van der Waals surface area contributed by atoms with Crippen LogP contribution in [-0.2, 0) is 0 Å². The lowest BCUT2D eigenvalue weighted by Gasteiger charge is -2.10. The molecule has 0 saturated carbocycles. The standard InChI is InChI=1S/C20H15NO2/c1-13-5-4-6-14(11-13)15-9-10-16-19(12-15)23-18-8-3-2-7-17(18)21-20(16)22/h2-12H,1H3,(H,21,22). The first-order valence-corrected chi connectivity index (χ1v) is 7.50. The molecule has 0 unspecified atom stereocenters. The monoisotopic (exact) mass is 301 g/mol. The maximum Gasteiger partial charge on any atom is 0.259 e. The number of anilines is 1. The largest absolute Gasteiger partial charge is 0.454 e. The van der Waals surface area contributed by atoms with Crippen molar-refractivity contribution in [2.45, 2.75) is 6.92 Å². The van der Waals surface area contributed by atoms with E-state index in [1.54, 1.807) is 0 Å². The van der Waals surface area contributed by atoms with E-state index >= 15 is 0 Å². The summed E-state index contributed by atoms with van der Waals surface area (Å²) >= 11 is 0. The number of rotatable bonds is 1. The second kappa shape index (κ2) is 5.29. The summed E-state index contributed by atoms with van der Waals surface area (Å²) in [7, 11) is 0. The summed E-state index contributed by atoms with van der Waals surface area (Å²) in [5.41, 5.74) is 4.55. The van der Waals surface area contributed by atoms with Crippen molar-refractivity contribution in [2.24, 2.45) is 0 Å². The van der Waals surface area contributed by atoms with Gasteiger partial charge in [-0.3, -0.25) is 4.79 Å². The van der Waals surface area contributed by atoms with Crippen LogP contribution in [0.1, 0.15) is 15.9 Å². The number of hydrogen-bond donors (Lipinski definition) is 1.